The fraction of sp³-hybridized carbons (Fsp3) is 0.304. The number of carbonyl (C=O) groups excluding carboxylic acids is 1. The van der Waals surface area contributed by atoms with Gasteiger partial charge in [0.1, 0.15) is 0 Å². The highest BCUT2D eigenvalue weighted by Gasteiger charge is 2.31. The number of nitrogens with zero attached hydrogens (tertiary/aromatic N) is 2. The number of halogens is 3. The largest absolute Gasteiger partial charge is 0.362 e. The van der Waals surface area contributed by atoms with Gasteiger partial charge in [0.25, 0.3) is 5.91 Å². The van der Waals surface area contributed by atoms with Gasteiger partial charge in [0.05, 0.1) is 26.8 Å². The lowest BCUT2D eigenvalue weighted by Crippen LogP contribution is -2.45. The number of hydrogen-bond acceptors (Lipinski definition) is 3. The van der Waals surface area contributed by atoms with Crippen LogP contribution in [0, 0.1) is 0 Å². The molecule has 1 heterocycles. The summed E-state index contributed by atoms with van der Waals surface area (Å²) in [5.74, 6) is -0.383. The predicted molar refractivity (Wildman–Crippen MR) is 128 cm³/mol. The van der Waals surface area contributed by atoms with Gasteiger partial charge >= 0.3 is 0 Å². The highest BCUT2D eigenvalue weighted by molar-refractivity contribution is 6.42. The minimum atomic E-state index is -0.383. The Morgan fingerprint density at radius 3 is 2.53 bits per heavy atom. The summed E-state index contributed by atoms with van der Waals surface area (Å²) in [7, 11) is 0. The monoisotopic (exact) mass is 463 g/mol. The van der Waals surface area contributed by atoms with E-state index in [4.69, 9.17) is 34.8 Å². The van der Waals surface area contributed by atoms with Crippen molar-refractivity contribution in [2.45, 2.75) is 39.7 Å². The van der Waals surface area contributed by atoms with Gasteiger partial charge in [-0.15, -0.1) is 0 Å². The van der Waals surface area contributed by atoms with Crippen molar-refractivity contribution in [3.8, 4) is 0 Å². The maximum Gasteiger partial charge on any atom is 0.271 e. The zero-order valence-corrected chi connectivity index (χ0v) is 19.7. The van der Waals surface area contributed by atoms with E-state index in [9.17, 15) is 4.79 Å². The van der Waals surface area contributed by atoms with Gasteiger partial charge in [-0.1, -0.05) is 47.8 Å². The maximum absolute atomic E-state index is 12.3. The minimum Gasteiger partial charge on any atom is -0.362 e. The van der Waals surface area contributed by atoms with Crippen LogP contribution in [-0.2, 0) is 0 Å². The third kappa shape index (κ3) is 4.66. The standard InChI is InChI=1S/C23H24Cl3N3O/c1-5-8-29-21-11-19(25)16(9-17(21)14(2)12-23(29,3)4)13-27-28-22(30)15-6-7-18(24)20(26)10-15/h6-7,9-13H,5,8H2,1-4H3,(H,28,30)/b27-13-. The van der Waals surface area contributed by atoms with E-state index in [1.165, 1.54) is 11.6 Å². The highest BCUT2D eigenvalue weighted by Crippen LogP contribution is 2.41. The van der Waals surface area contributed by atoms with Crippen molar-refractivity contribution in [3.05, 3.63) is 68.2 Å². The first-order chi connectivity index (χ1) is 14.1. The van der Waals surface area contributed by atoms with Gasteiger partial charge in [0, 0.05) is 28.9 Å². The predicted octanol–water partition coefficient (Wildman–Crippen LogP) is 6.82. The van der Waals surface area contributed by atoms with Crippen molar-refractivity contribution < 1.29 is 4.79 Å². The Morgan fingerprint density at radius 1 is 1.13 bits per heavy atom. The molecule has 30 heavy (non-hydrogen) atoms. The van der Waals surface area contributed by atoms with Gasteiger partial charge in [0.15, 0.2) is 0 Å². The lowest BCUT2D eigenvalue weighted by molar-refractivity contribution is 0.0955. The maximum atomic E-state index is 12.3. The third-order valence-electron chi connectivity index (χ3n) is 5.09. The quantitative estimate of drug-likeness (QED) is 0.389. The topological polar surface area (TPSA) is 44.7 Å². The number of hydrogen-bond donors (Lipinski definition) is 1. The van der Waals surface area contributed by atoms with Gasteiger partial charge in [0.2, 0.25) is 0 Å². The van der Waals surface area contributed by atoms with Crippen molar-refractivity contribution in [3.63, 3.8) is 0 Å². The number of rotatable bonds is 5. The molecule has 0 atom stereocenters. The second-order valence-corrected chi connectivity index (χ2v) is 9.07. The van der Waals surface area contributed by atoms with Gasteiger partial charge in [-0.3, -0.25) is 4.79 Å². The van der Waals surface area contributed by atoms with Crippen molar-refractivity contribution in [2.24, 2.45) is 5.10 Å². The third-order valence-corrected chi connectivity index (χ3v) is 6.16. The minimum absolute atomic E-state index is 0.0835. The summed E-state index contributed by atoms with van der Waals surface area (Å²) in [5.41, 5.74) is 6.93. The summed E-state index contributed by atoms with van der Waals surface area (Å²) < 4.78 is 0. The van der Waals surface area contributed by atoms with E-state index in [0.29, 0.717) is 20.6 Å². The molecular formula is C23H24Cl3N3O. The van der Waals surface area contributed by atoms with Crippen LogP contribution in [0.15, 0.2) is 41.5 Å². The SMILES string of the molecule is CCCN1c2cc(Cl)c(/C=N\NC(=O)c3ccc(Cl)c(Cl)c3)cc2C(C)=CC1(C)C. The number of amides is 1. The molecule has 0 fully saturated rings. The van der Waals surface area contributed by atoms with Crippen molar-refractivity contribution >= 4 is 58.2 Å². The van der Waals surface area contributed by atoms with E-state index in [0.717, 1.165) is 29.8 Å². The van der Waals surface area contributed by atoms with E-state index < -0.39 is 0 Å². The molecule has 0 saturated carbocycles. The van der Waals surface area contributed by atoms with Gasteiger partial charge in [-0.05, 0) is 63.1 Å². The molecule has 2 aromatic carbocycles. The van der Waals surface area contributed by atoms with Crippen LogP contribution in [0.5, 0.6) is 0 Å². The number of fused-ring (bicyclic) bond motifs is 1. The summed E-state index contributed by atoms with van der Waals surface area (Å²) in [6, 6.07) is 8.65. The summed E-state index contributed by atoms with van der Waals surface area (Å²) in [6.45, 7) is 9.62. The second-order valence-electron chi connectivity index (χ2n) is 7.85. The van der Waals surface area contributed by atoms with Crippen LogP contribution >= 0.6 is 34.8 Å². The lowest BCUT2D eigenvalue weighted by atomic mass is 9.88. The smallest absolute Gasteiger partial charge is 0.271 e. The summed E-state index contributed by atoms with van der Waals surface area (Å²) in [5, 5.41) is 5.35. The van der Waals surface area contributed by atoms with Crippen LogP contribution in [0.1, 0.15) is 55.6 Å². The fourth-order valence-corrected chi connectivity index (χ4v) is 4.21. The van der Waals surface area contributed by atoms with E-state index in [1.54, 1.807) is 18.3 Å². The average molecular weight is 465 g/mol. The Bertz CT molecular complexity index is 1040. The van der Waals surface area contributed by atoms with E-state index >= 15 is 0 Å². The normalized spacial score (nSPS) is 15.2. The summed E-state index contributed by atoms with van der Waals surface area (Å²) in [4.78, 5) is 14.6. The van der Waals surface area contributed by atoms with E-state index in [1.807, 2.05) is 12.1 Å². The number of benzene rings is 2. The molecule has 3 rings (SSSR count). The first-order valence-corrected chi connectivity index (χ1v) is 10.9. The molecule has 0 bridgehead atoms. The van der Waals surface area contributed by atoms with Crippen molar-refractivity contribution in [2.75, 3.05) is 11.4 Å². The highest BCUT2D eigenvalue weighted by atomic mass is 35.5. The zero-order chi connectivity index (χ0) is 22.1. The molecule has 1 amide bonds. The number of nitrogens with one attached hydrogen (secondary N) is 1. The van der Waals surface area contributed by atoms with Gasteiger partial charge < -0.3 is 4.90 Å². The number of anilines is 1. The molecule has 4 nitrogen and oxygen atoms in total. The Morgan fingerprint density at radius 2 is 1.87 bits per heavy atom. The van der Waals surface area contributed by atoms with Crippen molar-refractivity contribution in [1.82, 2.24) is 5.43 Å². The molecule has 0 radical (unpaired) electrons. The lowest BCUT2D eigenvalue weighted by Gasteiger charge is -2.43. The second kappa shape index (κ2) is 9.01. The van der Waals surface area contributed by atoms with E-state index in [2.05, 4.69) is 49.2 Å². The Labute approximate surface area is 192 Å². The molecule has 7 heteroatoms. The molecule has 0 aliphatic carbocycles. The molecular weight excluding hydrogens is 441 g/mol. The van der Waals surface area contributed by atoms with Crippen LogP contribution in [-0.4, -0.2) is 24.2 Å². The first kappa shape index (κ1) is 22.7. The van der Waals surface area contributed by atoms with Crippen LogP contribution in [0.3, 0.4) is 0 Å². The van der Waals surface area contributed by atoms with Gasteiger partial charge in [-0.25, -0.2) is 5.43 Å². The fourth-order valence-electron chi connectivity index (χ4n) is 3.71. The molecule has 0 aromatic heterocycles. The summed E-state index contributed by atoms with van der Waals surface area (Å²) >= 11 is 18.4. The molecule has 158 valence electrons. The Balaban J connectivity index is 1.85. The molecule has 0 unspecified atom stereocenters. The molecule has 1 aliphatic heterocycles. The van der Waals surface area contributed by atoms with Gasteiger partial charge in [-0.2, -0.15) is 5.10 Å². The number of hydrazone groups is 1. The van der Waals surface area contributed by atoms with Crippen LogP contribution < -0.4 is 10.3 Å². The Kier molecular flexibility index (Phi) is 6.81. The number of carbonyl (C=O) groups is 1. The molecule has 1 N–H and O–H groups in total. The molecule has 2 aromatic rings. The van der Waals surface area contributed by atoms with Crippen LogP contribution in [0.25, 0.3) is 5.57 Å². The van der Waals surface area contributed by atoms with Crippen molar-refractivity contribution in [1.29, 1.82) is 0 Å². The van der Waals surface area contributed by atoms with Crippen LogP contribution in [0.2, 0.25) is 15.1 Å². The molecule has 0 spiro atoms. The first-order valence-electron chi connectivity index (χ1n) is 9.73. The molecule has 0 saturated heterocycles. The zero-order valence-electron chi connectivity index (χ0n) is 17.4. The Hall–Kier alpha value is -2.01. The average Bonchev–Trinajstić information content (AvgIpc) is 2.67. The molecule has 1 aliphatic rings. The summed E-state index contributed by atoms with van der Waals surface area (Å²) in [6.07, 6.45) is 4.86. The van der Waals surface area contributed by atoms with E-state index in [-0.39, 0.29) is 11.4 Å². The van der Waals surface area contributed by atoms with Crippen LogP contribution in [0.4, 0.5) is 5.69 Å². The number of allylic oxidation sites excluding steroid dienone is 1.